The Morgan fingerprint density at radius 2 is 2.13 bits per heavy atom. The van der Waals surface area contributed by atoms with Crippen LogP contribution in [0.2, 0.25) is 0 Å². The molecule has 0 bridgehead atoms. The summed E-state index contributed by atoms with van der Waals surface area (Å²) in [6.45, 7) is 4.34. The third-order valence-corrected chi connectivity index (χ3v) is 5.06. The Hall–Kier alpha value is -1.88. The van der Waals surface area contributed by atoms with E-state index < -0.39 is 0 Å². The van der Waals surface area contributed by atoms with Crippen molar-refractivity contribution < 1.29 is 4.39 Å². The summed E-state index contributed by atoms with van der Waals surface area (Å²) < 4.78 is 13.5. The molecule has 1 aliphatic rings. The van der Waals surface area contributed by atoms with E-state index in [1.165, 1.54) is 10.9 Å². The van der Waals surface area contributed by atoms with Gasteiger partial charge in [-0.15, -0.1) is 11.3 Å². The van der Waals surface area contributed by atoms with Crippen molar-refractivity contribution >= 4 is 17.3 Å². The average Bonchev–Trinajstić information content (AvgIpc) is 3.17. The summed E-state index contributed by atoms with van der Waals surface area (Å²) in [5, 5.41) is 8.77. The van der Waals surface area contributed by atoms with Crippen molar-refractivity contribution in [3.8, 4) is 0 Å². The number of guanidine groups is 1. The zero-order valence-electron chi connectivity index (χ0n) is 13.3. The zero-order chi connectivity index (χ0) is 16.1. The van der Waals surface area contributed by atoms with Gasteiger partial charge in [0.2, 0.25) is 0 Å². The maximum absolute atomic E-state index is 13.5. The van der Waals surface area contributed by atoms with E-state index >= 15 is 0 Å². The van der Waals surface area contributed by atoms with Gasteiger partial charge in [-0.3, -0.25) is 0 Å². The Labute approximate surface area is 140 Å². The molecule has 3 rings (SSSR count). The van der Waals surface area contributed by atoms with E-state index in [4.69, 9.17) is 0 Å². The average molecular weight is 331 g/mol. The quantitative estimate of drug-likeness (QED) is 0.626. The molecule has 122 valence electrons. The van der Waals surface area contributed by atoms with E-state index in [1.807, 2.05) is 12.1 Å². The lowest BCUT2D eigenvalue weighted by Gasteiger charge is -2.19. The Morgan fingerprint density at radius 3 is 2.78 bits per heavy atom. The predicted octanol–water partition coefficient (Wildman–Crippen LogP) is 3.67. The van der Waals surface area contributed by atoms with Gasteiger partial charge in [0.05, 0.1) is 6.54 Å². The number of hydrogen-bond acceptors (Lipinski definition) is 2. The van der Waals surface area contributed by atoms with E-state index in [1.54, 1.807) is 23.5 Å². The van der Waals surface area contributed by atoms with Crippen molar-refractivity contribution in [1.29, 1.82) is 0 Å². The van der Waals surface area contributed by atoms with Crippen LogP contribution in [0.25, 0.3) is 0 Å². The largest absolute Gasteiger partial charge is 0.357 e. The molecule has 1 aromatic heterocycles. The molecule has 0 spiro atoms. The van der Waals surface area contributed by atoms with Gasteiger partial charge < -0.3 is 10.6 Å². The first-order valence-electron chi connectivity index (χ1n) is 8.02. The molecule has 1 fully saturated rings. The van der Waals surface area contributed by atoms with Gasteiger partial charge >= 0.3 is 0 Å². The van der Waals surface area contributed by atoms with E-state index in [0.29, 0.717) is 6.54 Å². The minimum atomic E-state index is -0.160. The number of rotatable bonds is 6. The van der Waals surface area contributed by atoms with E-state index in [2.05, 4.69) is 34.0 Å². The molecule has 0 aliphatic heterocycles. The van der Waals surface area contributed by atoms with Crippen LogP contribution in [0.1, 0.15) is 30.2 Å². The highest BCUT2D eigenvalue weighted by Gasteiger charge is 2.44. The molecule has 0 saturated heterocycles. The molecule has 1 aromatic carbocycles. The van der Waals surface area contributed by atoms with Crippen molar-refractivity contribution in [2.24, 2.45) is 4.99 Å². The molecule has 0 unspecified atom stereocenters. The monoisotopic (exact) mass is 331 g/mol. The zero-order valence-corrected chi connectivity index (χ0v) is 14.1. The summed E-state index contributed by atoms with van der Waals surface area (Å²) in [7, 11) is 0. The fraction of sp³-hybridized carbons (Fsp3) is 0.389. The molecule has 0 radical (unpaired) electrons. The number of aliphatic imine (C=N–C) groups is 1. The molecule has 3 nitrogen and oxygen atoms in total. The van der Waals surface area contributed by atoms with Crippen LogP contribution < -0.4 is 10.6 Å². The number of nitrogens with zero attached hydrogens (tertiary/aromatic N) is 1. The molecule has 5 heteroatoms. The molecule has 1 heterocycles. The number of nitrogens with one attached hydrogen (secondary N) is 2. The van der Waals surface area contributed by atoms with Gasteiger partial charge in [0.1, 0.15) is 5.82 Å². The van der Waals surface area contributed by atoms with Crippen LogP contribution in [0.4, 0.5) is 4.39 Å². The van der Waals surface area contributed by atoms with Gasteiger partial charge in [-0.05, 0) is 48.9 Å². The SMILES string of the molecule is CCNC(=NCc1cccs1)NCC1(c2cccc(F)c2)CC1. The highest BCUT2D eigenvalue weighted by Crippen LogP contribution is 2.47. The summed E-state index contributed by atoms with van der Waals surface area (Å²) in [6.07, 6.45) is 2.18. The number of thiophene rings is 1. The van der Waals surface area contributed by atoms with Gasteiger partial charge in [-0.1, -0.05) is 18.2 Å². The lowest BCUT2D eigenvalue weighted by molar-refractivity contribution is 0.607. The van der Waals surface area contributed by atoms with Gasteiger partial charge in [0, 0.05) is 23.4 Å². The summed E-state index contributed by atoms with van der Waals surface area (Å²) in [5.41, 5.74) is 1.14. The Balaban J connectivity index is 1.63. The molecule has 1 saturated carbocycles. The molecule has 2 N–H and O–H groups in total. The van der Waals surface area contributed by atoms with Gasteiger partial charge in [0.15, 0.2) is 5.96 Å². The molecular formula is C18H22FN3S. The first-order valence-corrected chi connectivity index (χ1v) is 8.90. The highest BCUT2D eigenvalue weighted by molar-refractivity contribution is 7.09. The fourth-order valence-corrected chi connectivity index (χ4v) is 3.32. The Kier molecular flexibility index (Phi) is 4.96. The van der Waals surface area contributed by atoms with E-state index in [9.17, 15) is 4.39 Å². The molecule has 2 aromatic rings. The van der Waals surface area contributed by atoms with E-state index in [-0.39, 0.29) is 11.2 Å². The maximum Gasteiger partial charge on any atom is 0.191 e. The molecular weight excluding hydrogens is 309 g/mol. The van der Waals surface area contributed by atoms with Crippen LogP contribution in [0.3, 0.4) is 0 Å². The molecule has 0 amide bonds. The third kappa shape index (κ3) is 4.10. The van der Waals surface area contributed by atoms with Crippen molar-refractivity contribution in [3.63, 3.8) is 0 Å². The number of benzene rings is 1. The van der Waals surface area contributed by atoms with Crippen molar-refractivity contribution in [1.82, 2.24) is 10.6 Å². The van der Waals surface area contributed by atoms with Crippen molar-refractivity contribution in [3.05, 3.63) is 58.0 Å². The second-order valence-electron chi connectivity index (χ2n) is 5.92. The Morgan fingerprint density at radius 1 is 1.26 bits per heavy atom. The first-order chi connectivity index (χ1) is 11.2. The minimum Gasteiger partial charge on any atom is -0.357 e. The predicted molar refractivity (Wildman–Crippen MR) is 94.4 cm³/mol. The van der Waals surface area contributed by atoms with Crippen molar-refractivity contribution in [2.75, 3.05) is 13.1 Å². The third-order valence-electron chi connectivity index (χ3n) is 4.20. The van der Waals surface area contributed by atoms with Gasteiger partial charge in [0.25, 0.3) is 0 Å². The van der Waals surface area contributed by atoms with Crippen LogP contribution >= 0.6 is 11.3 Å². The maximum atomic E-state index is 13.5. The highest BCUT2D eigenvalue weighted by atomic mass is 32.1. The molecule has 23 heavy (non-hydrogen) atoms. The second-order valence-corrected chi connectivity index (χ2v) is 6.95. The second kappa shape index (κ2) is 7.13. The Bertz CT molecular complexity index is 663. The van der Waals surface area contributed by atoms with Crippen molar-refractivity contribution in [2.45, 2.75) is 31.7 Å². The number of halogens is 1. The standard InChI is InChI=1S/C18H22FN3S/c1-2-20-17(21-12-16-7-4-10-23-16)22-13-18(8-9-18)14-5-3-6-15(19)11-14/h3-7,10-11H,2,8-9,12-13H2,1H3,(H2,20,21,22). The molecule has 0 atom stereocenters. The van der Waals surface area contributed by atoms with Gasteiger partial charge in [-0.25, -0.2) is 9.38 Å². The summed E-state index contributed by atoms with van der Waals surface area (Å²) in [6, 6.07) is 11.1. The minimum absolute atomic E-state index is 0.0568. The van der Waals surface area contributed by atoms with Crippen LogP contribution in [0.5, 0.6) is 0 Å². The fourth-order valence-electron chi connectivity index (χ4n) is 2.69. The van der Waals surface area contributed by atoms with Crippen LogP contribution in [-0.4, -0.2) is 19.0 Å². The summed E-state index contributed by atoms with van der Waals surface area (Å²) >= 11 is 1.71. The van der Waals surface area contributed by atoms with Crippen LogP contribution in [0.15, 0.2) is 46.8 Å². The lowest BCUT2D eigenvalue weighted by Crippen LogP contribution is -2.41. The topological polar surface area (TPSA) is 36.4 Å². The lowest BCUT2D eigenvalue weighted by atomic mass is 9.96. The van der Waals surface area contributed by atoms with Crippen LogP contribution in [0, 0.1) is 5.82 Å². The normalized spacial score (nSPS) is 16.2. The van der Waals surface area contributed by atoms with Gasteiger partial charge in [-0.2, -0.15) is 0 Å². The summed E-state index contributed by atoms with van der Waals surface area (Å²) in [4.78, 5) is 5.87. The smallest absolute Gasteiger partial charge is 0.191 e. The summed E-state index contributed by atoms with van der Waals surface area (Å²) in [5.74, 6) is 0.663. The van der Waals surface area contributed by atoms with Crippen LogP contribution in [-0.2, 0) is 12.0 Å². The van der Waals surface area contributed by atoms with E-state index in [0.717, 1.165) is 37.5 Å². The molecule has 1 aliphatic carbocycles. The number of hydrogen-bond donors (Lipinski definition) is 2. The first kappa shape index (κ1) is 16.0.